The highest BCUT2D eigenvalue weighted by atomic mass is 35.5. The van der Waals surface area contributed by atoms with E-state index in [4.69, 9.17) is 11.6 Å². The number of rotatable bonds is 8. The van der Waals surface area contributed by atoms with Gasteiger partial charge in [0.05, 0.1) is 23.1 Å². The third-order valence-corrected chi connectivity index (χ3v) is 6.46. The first-order chi connectivity index (χ1) is 18.9. The summed E-state index contributed by atoms with van der Waals surface area (Å²) in [5, 5.41) is 10.5. The van der Waals surface area contributed by atoms with Crippen molar-refractivity contribution < 1.29 is 19.5 Å². The van der Waals surface area contributed by atoms with Crippen LogP contribution >= 0.6 is 11.6 Å². The van der Waals surface area contributed by atoms with Gasteiger partial charge in [-0.15, -0.1) is 0 Å². The monoisotopic (exact) mass is 555 g/mol. The molecule has 1 heterocycles. The SMILES string of the molecule is CN(c1ccc(Cl)cc1)c1ccc(C(=O)c2cc(C(=O)O)cc(N(C(=O)CC(C)(C)C)c3ccccc3)c2)nc1. The molecule has 4 aromatic rings. The number of hydrogen-bond acceptors (Lipinski definition) is 5. The van der Waals surface area contributed by atoms with Gasteiger partial charge < -0.3 is 10.0 Å². The van der Waals surface area contributed by atoms with E-state index in [2.05, 4.69) is 4.98 Å². The van der Waals surface area contributed by atoms with Gasteiger partial charge in [-0.25, -0.2) is 4.79 Å². The molecule has 0 fully saturated rings. The second-order valence-electron chi connectivity index (χ2n) is 10.6. The molecule has 0 saturated heterocycles. The molecule has 0 bridgehead atoms. The molecule has 0 atom stereocenters. The highest BCUT2D eigenvalue weighted by Gasteiger charge is 2.26. The minimum absolute atomic E-state index is 0.107. The molecule has 1 amide bonds. The minimum Gasteiger partial charge on any atom is -0.478 e. The van der Waals surface area contributed by atoms with Gasteiger partial charge >= 0.3 is 5.97 Å². The molecular weight excluding hydrogens is 526 g/mol. The van der Waals surface area contributed by atoms with Crippen LogP contribution in [0.25, 0.3) is 0 Å². The second kappa shape index (κ2) is 11.7. The normalized spacial score (nSPS) is 11.1. The number of aromatic nitrogens is 1. The highest BCUT2D eigenvalue weighted by molar-refractivity contribution is 6.30. The van der Waals surface area contributed by atoms with Crippen LogP contribution < -0.4 is 9.80 Å². The van der Waals surface area contributed by atoms with Crippen LogP contribution in [0, 0.1) is 5.41 Å². The number of carboxylic acid groups (broad SMARTS) is 1. The van der Waals surface area contributed by atoms with Crippen LogP contribution in [-0.4, -0.2) is 34.8 Å². The van der Waals surface area contributed by atoms with Crippen molar-refractivity contribution in [2.45, 2.75) is 27.2 Å². The third kappa shape index (κ3) is 6.74. The lowest BCUT2D eigenvalue weighted by Crippen LogP contribution is -2.30. The van der Waals surface area contributed by atoms with E-state index in [9.17, 15) is 19.5 Å². The zero-order valence-electron chi connectivity index (χ0n) is 22.8. The molecule has 8 heteroatoms. The first kappa shape index (κ1) is 28.5. The van der Waals surface area contributed by atoms with Gasteiger partial charge in [-0.2, -0.15) is 0 Å². The Balaban J connectivity index is 1.72. The lowest BCUT2D eigenvalue weighted by Gasteiger charge is -2.27. The van der Waals surface area contributed by atoms with Gasteiger partial charge in [-0.05, 0) is 72.1 Å². The number of carbonyl (C=O) groups is 3. The predicted octanol–water partition coefficient (Wildman–Crippen LogP) is 7.53. The molecule has 0 spiro atoms. The van der Waals surface area contributed by atoms with Crippen molar-refractivity contribution >= 4 is 52.0 Å². The molecule has 0 radical (unpaired) electrons. The van der Waals surface area contributed by atoms with E-state index in [1.54, 1.807) is 54.7 Å². The average Bonchev–Trinajstić information content (AvgIpc) is 2.92. The number of hydrogen-bond donors (Lipinski definition) is 1. The van der Waals surface area contributed by atoms with Gasteiger partial charge in [-0.3, -0.25) is 19.5 Å². The fourth-order valence-electron chi connectivity index (χ4n) is 4.22. The van der Waals surface area contributed by atoms with E-state index in [-0.39, 0.29) is 34.6 Å². The number of nitrogens with zero attached hydrogens (tertiary/aromatic N) is 3. The first-order valence-electron chi connectivity index (χ1n) is 12.7. The molecule has 7 nitrogen and oxygen atoms in total. The van der Waals surface area contributed by atoms with E-state index >= 15 is 0 Å². The van der Waals surface area contributed by atoms with Gasteiger partial charge in [0.15, 0.2) is 0 Å². The quantitative estimate of drug-likeness (QED) is 0.226. The molecular formula is C32H30ClN3O4. The standard InChI is InChI=1S/C32H30ClN3O4/c1-32(2,3)19-29(37)36(25-8-6-5-7-9-25)27-17-21(16-22(18-27)31(39)40)30(38)28-15-14-26(20-34-28)35(4)24-12-10-23(33)11-13-24/h5-18,20H,19H2,1-4H3,(H,39,40). The van der Waals surface area contributed by atoms with E-state index in [0.29, 0.717) is 16.4 Å². The Bertz CT molecular complexity index is 1530. The van der Waals surface area contributed by atoms with Crippen molar-refractivity contribution in [2.75, 3.05) is 16.8 Å². The summed E-state index contributed by atoms with van der Waals surface area (Å²) >= 11 is 5.99. The first-order valence-corrected chi connectivity index (χ1v) is 13.1. The number of halogens is 1. The zero-order chi connectivity index (χ0) is 29.0. The number of benzene rings is 3. The fourth-order valence-corrected chi connectivity index (χ4v) is 4.35. The molecule has 0 aliphatic carbocycles. The zero-order valence-corrected chi connectivity index (χ0v) is 23.5. The van der Waals surface area contributed by atoms with Crippen LogP contribution in [0.15, 0.2) is 91.1 Å². The number of amides is 1. The minimum atomic E-state index is -1.21. The number of carboxylic acids is 1. The topological polar surface area (TPSA) is 90.8 Å². The summed E-state index contributed by atoms with van der Waals surface area (Å²) in [6, 6.07) is 23.9. The predicted molar refractivity (Wildman–Crippen MR) is 158 cm³/mol. The number of aromatic carboxylic acids is 1. The summed E-state index contributed by atoms with van der Waals surface area (Å²) in [7, 11) is 1.87. The Morgan fingerprint density at radius 2 is 1.43 bits per heavy atom. The lowest BCUT2D eigenvalue weighted by atomic mass is 9.91. The molecule has 40 heavy (non-hydrogen) atoms. The number of para-hydroxylation sites is 1. The number of carbonyl (C=O) groups excluding carboxylic acids is 2. The fraction of sp³-hybridized carbons (Fsp3) is 0.188. The summed E-state index contributed by atoms with van der Waals surface area (Å²) < 4.78 is 0. The van der Waals surface area contributed by atoms with Crippen molar-refractivity contribution in [1.29, 1.82) is 0 Å². The van der Waals surface area contributed by atoms with E-state index in [1.165, 1.54) is 23.1 Å². The molecule has 3 aromatic carbocycles. The lowest BCUT2D eigenvalue weighted by molar-refractivity contribution is -0.119. The van der Waals surface area contributed by atoms with Gasteiger partial charge in [0.25, 0.3) is 0 Å². The Kier molecular flexibility index (Phi) is 8.35. The van der Waals surface area contributed by atoms with Gasteiger partial charge in [0.2, 0.25) is 11.7 Å². The van der Waals surface area contributed by atoms with Crippen LogP contribution in [0.4, 0.5) is 22.7 Å². The average molecular weight is 556 g/mol. The Morgan fingerprint density at radius 1 is 0.800 bits per heavy atom. The highest BCUT2D eigenvalue weighted by Crippen LogP contribution is 2.32. The van der Waals surface area contributed by atoms with Gasteiger partial charge in [-0.1, -0.05) is 50.6 Å². The summed E-state index contributed by atoms with van der Waals surface area (Å²) in [4.78, 5) is 46.8. The smallest absolute Gasteiger partial charge is 0.335 e. The van der Waals surface area contributed by atoms with Crippen LogP contribution in [0.1, 0.15) is 53.6 Å². The maximum absolute atomic E-state index is 13.5. The molecule has 0 aliphatic rings. The summed E-state index contributed by atoms with van der Waals surface area (Å²) in [6.07, 6.45) is 1.79. The van der Waals surface area contributed by atoms with Crippen molar-refractivity contribution in [1.82, 2.24) is 4.98 Å². The molecule has 0 aliphatic heterocycles. The molecule has 204 valence electrons. The van der Waals surface area contributed by atoms with Crippen molar-refractivity contribution in [2.24, 2.45) is 5.41 Å². The van der Waals surface area contributed by atoms with Crippen molar-refractivity contribution in [3.8, 4) is 0 Å². The van der Waals surface area contributed by atoms with Crippen molar-refractivity contribution in [3.63, 3.8) is 0 Å². The maximum Gasteiger partial charge on any atom is 0.335 e. The number of ketones is 1. The molecule has 0 unspecified atom stereocenters. The van der Waals surface area contributed by atoms with Crippen LogP contribution in [-0.2, 0) is 4.79 Å². The number of anilines is 4. The van der Waals surface area contributed by atoms with Gasteiger partial charge in [0.1, 0.15) is 5.69 Å². The Morgan fingerprint density at radius 3 is 2.00 bits per heavy atom. The van der Waals surface area contributed by atoms with Crippen LogP contribution in [0.3, 0.4) is 0 Å². The summed E-state index contributed by atoms with van der Waals surface area (Å²) in [6.45, 7) is 5.86. The molecule has 1 N–H and O–H groups in total. The van der Waals surface area contributed by atoms with Crippen LogP contribution in [0.2, 0.25) is 5.02 Å². The van der Waals surface area contributed by atoms with Gasteiger partial charge in [0, 0.05) is 35.4 Å². The molecule has 1 aromatic heterocycles. The second-order valence-corrected chi connectivity index (χ2v) is 11.1. The van der Waals surface area contributed by atoms with E-state index < -0.39 is 11.8 Å². The number of pyridine rings is 1. The molecule has 4 rings (SSSR count). The maximum atomic E-state index is 13.5. The van der Waals surface area contributed by atoms with Crippen molar-refractivity contribution in [3.05, 3.63) is 113 Å². The largest absolute Gasteiger partial charge is 0.478 e. The molecule has 0 saturated carbocycles. The third-order valence-electron chi connectivity index (χ3n) is 6.21. The Labute approximate surface area is 238 Å². The Hall–Kier alpha value is -4.49. The van der Waals surface area contributed by atoms with E-state index in [1.807, 2.05) is 50.9 Å². The summed E-state index contributed by atoms with van der Waals surface area (Å²) in [5.74, 6) is -1.88. The summed E-state index contributed by atoms with van der Waals surface area (Å²) in [5.41, 5.74) is 2.36. The van der Waals surface area contributed by atoms with E-state index in [0.717, 1.165) is 11.4 Å². The van der Waals surface area contributed by atoms with Crippen LogP contribution in [0.5, 0.6) is 0 Å².